The SMILES string of the molecule is CCCCc1ccc(C#Cc2cc(F)c(C(F)(F)F)c(F)c2)cc1. The minimum absolute atomic E-state index is 0.145. The third-order valence-corrected chi connectivity index (χ3v) is 3.45. The molecular formula is C19H15F5. The summed E-state index contributed by atoms with van der Waals surface area (Å²) in [5.41, 5.74) is -0.258. The largest absolute Gasteiger partial charge is 0.422 e. The van der Waals surface area contributed by atoms with E-state index in [1.165, 1.54) is 0 Å². The van der Waals surface area contributed by atoms with Gasteiger partial charge in [0.05, 0.1) is 0 Å². The maximum atomic E-state index is 13.5. The van der Waals surface area contributed by atoms with E-state index in [-0.39, 0.29) is 5.56 Å². The molecule has 0 aromatic heterocycles. The number of benzene rings is 2. The van der Waals surface area contributed by atoms with E-state index >= 15 is 0 Å². The van der Waals surface area contributed by atoms with Crippen LogP contribution in [-0.2, 0) is 12.6 Å². The molecule has 0 fully saturated rings. The minimum atomic E-state index is -5.07. The predicted octanol–water partition coefficient (Wildman–Crippen LogP) is 5.73. The van der Waals surface area contributed by atoms with Gasteiger partial charge in [-0.2, -0.15) is 13.2 Å². The van der Waals surface area contributed by atoms with Crippen molar-refractivity contribution in [3.8, 4) is 11.8 Å². The zero-order valence-electron chi connectivity index (χ0n) is 13.0. The number of alkyl halides is 3. The molecular weight excluding hydrogens is 323 g/mol. The van der Waals surface area contributed by atoms with Gasteiger partial charge in [-0.3, -0.25) is 0 Å². The quantitative estimate of drug-likeness (QED) is 0.495. The van der Waals surface area contributed by atoms with Crippen molar-refractivity contribution >= 4 is 0 Å². The van der Waals surface area contributed by atoms with Gasteiger partial charge in [-0.25, -0.2) is 8.78 Å². The van der Waals surface area contributed by atoms with E-state index in [0.717, 1.165) is 24.8 Å². The van der Waals surface area contributed by atoms with Crippen LogP contribution in [0, 0.1) is 23.5 Å². The summed E-state index contributed by atoms with van der Waals surface area (Å²) >= 11 is 0. The van der Waals surface area contributed by atoms with Gasteiger partial charge in [-0.05, 0) is 42.7 Å². The number of aryl methyl sites for hydroxylation is 1. The van der Waals surface area contributed by atoms with Crippen molar-refractivity contribution in [1.82, 2.24) is 0 Å². The second-order valence-corrected chi connectivity index (χ2v) is 5.36. The molecule has 0 amide bonds. The highest BCUT2D eigenvalue weighted by atomic mass is 19.4. The maximum Gasteiger partial charge on any atom is 0.422 e. The normalized spacial score (nSPS) is 11.1. The van der Waals surface area contributed by atoms with E-state index in [9.17, 15) is 22.0 Å². The van der Waals surface area contributed by atoms with Gasteiger partial charge in [-0.15, -0.1) is 0 Å². The summed E-state index contributed by atoms with van der Waals surface area (Å²) in [4.78, 5) is 0. The Morgan fingerprint density at radius 2 is 1.42 bits per heavy atom. The standard InChI is InChI=1S/C19H15F5/c1-2-3-4-13-5-7-14(8-6-13)9-10-15-11-16(20)18(17(21)12-15)19(22,23)24/h5-8,11-12H,2-4H2,1H3. The van der Waals surface area contributed by atoms with E-state index in [1.807, 2.05) is 12.1 Å². The van der Waals surface area contributed by atoms with Crippen molar-refractivity contribution in [2.75, 3.05) is 0 Å². The van der Waals surface area contributed by atoms with Crippen LogP contribution in [0.25, 0.3) is 0 Å². The van der Waals surface area contributed by atoms with Crippen LogP contribution in [0.15, 0.2) is 36.4 Å². The maximum absolute atomic E-state index is 13.5. The fourth-order valence-electron chi connectivity index (χ4n) is 2.20. The van der Waals surface area contributed by atoms with E-state index < -0.39 is 23.4 Å². The average Bonchev–Trinajstić information content (AvgIpc) is 2.50. The second-order valence-electron chi connectivity index (χ2n) is 5.36. The first-order valence-electron chi connectivity index (χ1n) is 7.48. The van der Waals surface area contributed by atoms with Crippen molar-refractivity contribution in [2.45, 2.75) is 32.4 Å². The third kappa shape index (κ3) is 4.58. The first kappa shape index (κ1) is 18.0. The average molecular weight is 338 g/mol. The number of hydrogen-bond acceptors (Lipinski definition) is 0. The van der Waals surface area contributed by atoms with Gasteiger partial charge in [0.2, 0.25) is 0 Å². The molecule has 0 heterocycles. The molecule has 2 aromatic carbocycles. The Morgan fingerprint density at radius 3 is 1.92 bits per heavy atom. The lowest BCUT2D eigenvalue weighted by Gasteiger charge is -2.09. The molecule has 24 heavy (non-hydrogen) atoms. The van der Waals surface area contributed by atoms with Crippen LogP contribution in [0.3, 0.4) is 0 Å². The van der Waals surface area contributed by atoms with Gasteiger partial charge in [0, 0.05) is 11.1 Å². The second kappa shape index (κ2) is 7.48. The molecule has 0 unspecified atom stereocenters. The van der Waals surface area contributed by atoms with E-state index in [0.29, 0.717) is 17.7 Å². The Kier molecular flexibility index (Phi) is 5.61. The smallest absolute Gasteiger partial charge is 0.206 e. The van der Waals surface area contributed by atoms with Crippen molar-refractivity contribution in [2.24, 2.45) is 0 Å². The van der Waals surface area contributed by atoms with Crippen molar-refractivity contribution in [1.29, 1.82) is 0 Å². The summed E-state index contributed by atoms with van der Waals surface area (Å²) in [6, 6.07) is 8.55. The molecule has 0 saturated carbocycles. The summed E-state index contributed by atoms with van der Waals surface area (Å²) in [5.74, 6) is 1.85. The topological polar surface area (TPSA) is 0 Å². The first-order chi connectivity index (χ1) is 11.3. The van der Waals surface area contributed by atoms with E-state index in [4.69, 9.17) is 0 Å². The molecule has 0 bridgehead atoms. The fraction of sp³-hybridized carbons (Fsp3) is 0.263. The van der Waals surface area contributed by atoms with E-state index in [1.54, 1.807) is 12.1 Å². The molecule has 2 rings (SSSR count). The van der Waals surface area contributed by atoms with Crippen LogP contribution >= 0.6 is 0 Å². The lowest BCUT2D eigenvalue weighted by molar-refractivity contribution is -0.142. The zero-order chi connectivity index (χ0) is 17.7. The van der Waals surface area contributed by atoms with Gasteiger partial charge in [-0.1, -0.05) is 37.3 Å². The fourth-order valence-corrected chi connectivity index (χ4v) is 2.20. The molecule has 0 nitrogen and oxygen atoms in total. The van der Waals surface area contributed by atoms with Crippen LogP contribution < -0.4 is 0 Å². The van der Waals surface area contributed by atoms with Crippen molar-refractivity contribution in [3.05, 3.63) is 70.3 Å². The van der Waals surface area contributed by atoms with E-state index in [2.05, 4.69) is 18.8 Å². The Hall–Kier alpha value is -2.35. The van der Waals surface area contributed by atoms with Crippen LogP contribution in [0.5, 0.6) is 0 Å². The molecule has 2 aromatic rings. The van der Waals surface area contributed by atoms with Crippen LogP contribution in [-0.4, -0.2) is 0 Å². The lowest BCUT2D eigenvalue weighted by Crippen LogP contribution is -2.11. The monoisotopic (exact) mass is 338 g/mol. The summed E-state index contributed by atoms with van der Waals surface area (Å²) in [7, 11) is 0. The van der Waals surface area contributed by atoms with Crippen molar-refractivity contribution in [3.63, 3.8) is 0 Å². The number of unbranched alkanes of at least 4 members (excludes halogenated alkanes) is 1. The van der Waals surface area contributed by atoms with Gasteiger partial charge in [0.25, 0.3) is 0 Å². The van der Waals surface area contributed by atoms with Gasteiger partial charge in [0.15, 0.2) is 0 Å². The summed E-state index contributed by atoms with van der Waals surface area (Å²) < 4.78 is 64.5. The molecule has 0 aliphatic heterocycles. The predicted molar refractivity (Wildman–Crippen MR) is 82.4 cm³/mol. The Bertz CT molecular complexity index is 738. The minimum Gasteiger partial charge on any atom is -0.206 e. The summed E-state index contributed by atoms with van der Waals surface area (Å²) in [6.07, 6.45) is -1.95. The number of halogens is 5. The highest BCUT2D eigenvalue weighted by Gasteiger charge is 2.37. The molecule has 126 valence electrons. The Balaban J connectivity index is 2.22. The highest BCUT2D eigenvalue weighted by Crippen LogP contribution is 2.33. The summed E-state index contributed by atoms with van der Waals surface area (Å²) in [6.45, 7) is 2.10. The number of rotatable bonds is 3. The molecule has 0 aliphatic carbocycles. The molecule has 0 atom stereocenters. The third-order valence-electron chi connectivity index (χ3n) is 3.45. The molecule has 0 N–H and O–H groups in total. The Labute approximate surface area is 137 Å². The summed E-state index contributed by atoms with van der Waals surface area (Å²) in [5, 5.41) is 0. The molecule has 5 heteroatoms. The van der Waals surface area contributed by atoms with Gasteiger partial charge < -0.3 is 0 Å². The van der Waals surface area contributed by atoms with Crippen molar-refractivity contribution < 1.29 is 22.0 Å². The highest BCUT2D eigenvalue weighted by molar-refractivity contribution is 5.45. The molecule has 0 radical (unpaired) electrons. The van der Waals surface area contributed by atoms with Crippen LogP contribution in [0.4, 0.5) is 22.0 Å². The molecule has 0 saturated heterocycles. The molecule has 0 spiro atoms. The number of hydrogen-bond donors (Lipinski definition) is 0. The van der Waals surface area contributed by atoms with Crippen LogP contribution in [0.1, 0.15) is 42.0 Å². The lowest BCUT2D eigenvalue weighted by atomic mass is 10.1. The Morgan fingerprint density at radius 1 is 0.875 bits per heavy atom. The zero-order valence-corrected chi connectivity index (χ0v) is 13.0. The first-order valence-corrected chi connectivity index (χ1v) is 7.48. The molecule has 0 aliphatic rings. The van der Waals surface area contributed by atoms with Gasteiger partial charge in [0.1, 0.15) is 17.2 Å². The van der Waals surface area contributed by atoms with Gasteiger partial charge >= 0.3 is 6.18 Å². The van der Waals surface area contributed by atoms with Crippen LogP contribution in [0.2, 0.25) is 0 Å².